The van der Waals surface area contributed by atoms with Gasteiger partial charge in [0.2, 0.25) is 0 Å². The molecule has 2 nitrogen and oxygen atoms in total. The third-order valence-electron chi connectivity index (χ3n) is 3.65. The van der Waals surface area contributed by atoms with Gasteiger partial charge in [-0.25, -0.2) is 0 Å². The van der Waals surface area contributed by atoms with Crippen LogP contribution in [0.2, 0.25) is 0 Å². The summed E-state index contributed by atoms with van der Waals surface area (Å²) in [4.78, 5) is 4.13. The molecule has 1 fully saturated rings. The molecule has 1 aromatic rings. The van der Waals surface area contributed by atoms with Crippen molar-refractivity contribution in [2.24, 2.45) is 5.92 Å². The Bertz CT molecular complexity index is 351. The fourth-order valence-corrected chi connectivity index (χ4v) is 4.71. The fraction of sp³-hybridized carbons (Fsp3) is 0.692. The molecule has 17 heavy (non-hydrogen) atoms. The van der Waals surface area contributed by atoms with Crippen molar-refractivity contribution in [3.05, 3.63) is 20.8 Å². The predicted molar refractivity (Wildman–Crippen MR) is 78.7 cm³/mol. The monoisotopic (exact) mass is 316 g/mol. The maximum Gasteiger partial charge on any atom is 0.0492 e. The summed E-state index contributed by atoms with van der Waals surface area (Å²) in [6, 6.07) is 2.77. The second kappa shape index (κ2) is 6.32. The van der Waals surface area contributed by atoms with Crippen molar-refractivity contribution in [1.29, 1.82) is 0 Å². The Morgan fingerprint density at radius 2 is 2.41 bits per heavy atom. The van der Waals surface area contributed by atoms with E-state index in [2.05, 4.69) is 51.6 Å². The third kappa shape index (κ3) is 2.92. The van der Waals surface area contributed by atoms with E-state index in [4.69, 9.17) is 0 Å². The predicted octanol–water partition coefficient (Wildman–Crippen LogP) is 3.50. The van der Waals surface area contributed by atoms with Crippen LogP contribution >= 0.6 is 27.3 Å². The fourth-order valence-electron chi connectivity index (χ4n) is 2.88. The van der Waals surface area contributed by atoms with Crippen molar-refractivity contribution in [3.8, 4) is 0 Å². The molecule has 2 rings (SSSR count). The largest absolute Gasteiger partial charge is 0.319 e. The van der Waals surface area contributed by atoms with Gasteiger partial charge in [0, 0.05) is 15.4 Å². The Balaban J connectivity index is 2.25. The summed E-state index contributed by atoms with van der Waals surface area (Å²) in [5, 5.41) is 5.55. The van der Waals surface area contributed by atoms with Crippen LogP contribution in [0, 0.1) is 5.92 Å². The summed E-state index contributed by atoms with van der Waals surface area (Å²) >= 11 is 5.59. The Labute approximate surface area is 117 Å². The molecule has 1 aliphatic heterocycles. The molecule has 0 saturated carbocycles. The number of thiophene rings is 1. The molecule has 2 heterocycles. The Hall–Kier alpha value is 0.100. The summed E-state index contributed by atoms with van der Waals surface area (Å²) in [6.45, 7) is 5.78. The number of hydrogen-bond acceptors (Lipinski definition) is 3. The topological polar surface area (TPSA) is 15.3 Å². The third-order valence-corrected chi connectivity index (χ3v) is 5.59. The van der Waals surface area contributed by atoms with Crippen LogP contribution < -0.4 is 5.32 Å². The molecule has 0 spiro atoms. The van der Waals surface area contributed by atoms with Crippen LogP contribution in [0.25, 0.3) is 0 Å². The SMILES string of the molecule is CCN1CCCC(CNC)C1c1sccc1Br. The van der Waals surface area contributed by atoms with Crippen LogP contribution in [0.4, 0.5) is 0 Å². The number of piperidine rings is 1. The van der Waals surface area contributed by atoms with Gasteiger partial charge in [0.05, 0.1) is 0 Å². The van der Waals surface area contributed by atoms with Gasteiger partial charge in [0.1, 0.15) is 0 Å². The summed E-state index contributed by atoms with van der Waals surface area (Å²) < 4.78 is 1.29. The molecule has 1 saturated heterocycles. The van der Waals surface area contributed by atoms with Gasteiger partial charge in [0.25, 0.3) is 0 Å². The highest BCUT2D eigenvalue weighted by molar-refractivity contribution is 9.10. The molecular weight excluding hydrogens is 296 g/mol. The molecule has 0 aliphatic carbocycles. The maximum absolute atomic E-state index is 3.70. The summed E-state index contributed by atoms with van der Waals surface area (Å²) in [5.41, 5.74) is 0. The van der Waals surface area contributed by atoms with E-state index >= 15 is 0 Å². The van der Waals surface area contributed by atoms with Crippen molar-refractivity contribution in [3.63, 3.8) is 0 Å². The highest BCUT2D eigenvalue weighted by Crippen LogP contribution is 2.41. The van der Waals surface area contributed by atoms with Gasteiger partial charge >= 0.3 is 0 Å². The second-order valence-electron chi connectivity index (χ2n) is 4.67. The van der Waals surface area contributed by atoms with Gasteiger partial charge in [-0.1, -0.05) is 6.92 Å². The molecule has 1 aromatic heterocycles. The molecule has 2 atom stereocenters. The van der Waals surface area contributed by atoms with Crippen LogP contribution in [0.5, 0.6) is 0 Å². The molecule has 1 aliphatic rings. The lowest BCUT2D eigenvalue weighted by Gasteiger charge is -2.40. The minimum absolute atomic E-state index is 0.593. The number of nitrogens with zero attached hydrogens (tertiary/aromatic N) is 1. The van der Waals surface area contributed by atoms with Gasteiger partial charge in [-0.2, -0.15) is 0 Å². The first-order valence-corrected chi connectivity index (χ1v) is 8.06. The lowest BCUT2D eigenvalue weighted by atomic mass is 9.88. The molecule has 1 N–H and O–H groups in total. The van der Waals surface area contributed by atoms with Gasteiger partial charge in [-0.05, 0) is 72.8 Å². The average Bonchev–Trinajstić information content (AvgIpc) is 2.75. The number of halogens is 1. The van der Waals surface area contributed by atoms with Gasteiger partial charge in [0.15, 0.2) is 0 Å². The standard InChI is InChI=1S/C13H21BrN2S/c1-3-16-7-4-5-10(9-15-2)12(16)13-11(14)6-8-17-13/h6,8,10,12,15H,3-5,7,9H2,1-2H3. The number of hydrogen-bond donors (Lipinski definition) is 1. The minimum atomic E-state index is 0.593. The summed E-state index contributed by atoms with van der Waals surface area (Å²) in [5.74, 6) is 0.739. The first-order chi connectivity index (χ1) is 8.27. The zero-order valence-corrected chi connectivity index (χ0v) is 13.0. The lowest BCUT2D eigenvalue weighted by molar-refractivity contribution is 0.100. The number of likely N-dealkylation sites (tertiary alicyclic amines) is 1. The zero-order chi connectivity index (χ0) is 12.3. The highest BCUT2D eigenvalue weighted by atomic mass is 79.9. The van der Waals surface area contributed by atoms with E-state index in [0.29, 0.717) is 6.04 Å². The molecule has 0 bridgehead atoms. The minimum Gasteiger partial charge on any atom is -0.319 e. The van der Waals surface area contributed by atoms with Crippen LogP contribution in [0.15, 0.2) is 15.9 Å². The van der Waals surface area contributed by atoms with Crippen molar-refractivity contribution >= 4 is 27.3 Å². The normalized spacial score (nSPS) is 26.3. The molecular formula is C13H21BrN2S. The molecule has 4 heteroatoms. The van der Waals surface area contributed by atoms with Gasteiger partial charge < -0.3 is 5.32 Å². The van der Waals surface area contributed by atoms with Crippen LogP contribution in [0.3, 0.4) is 0 Å². The Morgan fingerprint density at radius 1 is 1.59 bits per heavy atom. The van der Waals surface area contributed by atoms with Gasteiger partial charge in [-0.3, -0.25) is 4.90 Å². The number of nitrogens with one attached hydrogen (secondary N) is 1. The van der Waals surface area contributed by atoms with E-state index < -0.39 is 0 Å². The van der Waals surface area contributed by atoms with E-state index in [9.17, 15) is 0 Å². The lowest BCUT2D eigenvalue weighted by Crippen LogP contribution is -2.41. The molecule has 0 amide bonds. The van der Waals surface area contributed by atoms with E-state index in [0.717, 1.165) is 19.0 Å². The Morgan fingerprint density at radius 3 is 3.00 bits per heavy atom. The van der Waals surface area contributed by atoms with Crippen molar-refractivity contribution in [1.82, 2.24) is 10.2 Å². The summed E-state index contributed by atoms with van der Waals surface area (Å²) in [7, 11) is 2.06. The van der Waals surface area contributed by atoms with Crippen LogP contribution in [0.1, 0.15) is 30.7 Å². The molecule has 2 unspecified atom stereocenters. The van der Waals surface area contributed by atoms with Gasteiger partial charge in [-0.15, -0.1) is 11.3 Å². The van der Waals surface area contributed by atoms with Crippen molar-refractivity contribution in [2.45, 2.75) is 25.8 Å². The Kier molecular flexibility index (Phi) is 5.03. The summed E-state index contributed by atoms with van der Waals surface area (Å²) in [6.07, 6.45) is 2.67. The number of rotatable bonds is 4. The smallest absolute Gasteiger partial charge is 0.0492 e. The van der Waals surface area contributed by atoms with E-state index in [1.807, 2.05) is 11.3 Å². The molecule has 0 aromatic carbocycles. The van der Waals surface area contributed by atoms with E-state index in [1.165, 1.54) is 28.7 Å². The molecule has 0 radical (unpaired) electrons. The average molecular weight is 317 g/mol. The van der Waals surface area contributed by atoms with Crippen molar-refractivity contribution < 1.29 is 0 Å². The second-order valence-corrected chi connectivity index (χ2v) is 6.47. The van der Waals surface area contributed by atoms with Crippen LogP contribution in [-0.2, 0) is 0 Å². The van der Waals surface area contributed by atoms with E-state index in [1.54, 1.807) is 0 Å². The highest BCUT2D eigenvalue weighted by Gasteiger charge is 2.33. The maximum atomic E-state index is 3.70. The van der Waals surface area contributed by atoms with Crippen LogP contribution in [-0.4, -0.2) is 31.6 Å². The molecule has 96 valence electrons. The quantitative estimate of drug-likeness (QED) is 0.914. The van der Waals surface area contributed by atoms with Crippen molar-refractivity contribution in [2.75, 3.05) is 26.7 Å². The van der Waals surface area contributed by atoms with E-state index in [-0.39, 0.29) is 0 Å². The zero-order valence-electron chi connectivity index (χ0n) is 10.6. The first kappa shape index (κ1) is 13.5. The first-order valence-electron chi connectivity index (χ1n) is 6.39.